The zero-order valence-electron chi connectivity index (χ0n) is 8.99. The molecule has 0 spiro atoms. The molecule has 0 saturated carbocycles. The van der Waals surface area contributed by atoms with E-state index in [1.807, 2.05) is 0 Å². The number of aromatic nitrogens is 1. The Morgan fingerprint density at radius 1 is 0.889 bits per heavy atom. The Hall–Kier alpha value is -1.47. The first-order chi connectivity index (χ1) is 8.32. The van der Waals surface area contributed by atoms with Crippen molar-refractivity contribution in [2.45, 2.75) is 18.8 Å². The van der Waals surface area contributed by atoms with Gasteiger partial charge >= 0.3 is 0 Å². The number of anilines is 1. The molecule has 1 aromatic heterocycles. The number of halogens is 6. The number of nitrogens with zero attached hydrogens (tertiary/aromatic N) is 2. The minimum absolute atomic E-state index is 0.385. The second kappa shape index (κ2) is 4.33. The number of piperidine rings is 1. The summed E-state index contributed by atoms with van der Waals surface area (Å²) in [5.41, 5.74) is -0.976. The third-order valence-electron chi connectivity index (χ3n) is 2.79. The van der Waals surface area contributed by atoms with Gasteiger partial charge in [0.2, 0.25) is 11.6 Å². The van der Waals surface area contributed by atoms with E-state index in [1.165, 1.54) is 0 Å². The fourth-order valence-corrected chi connectivity index (χ4v) is 1.81. The number of hydrogen-bond acceptors (Lipinski definition) is 2. The molecule has 0 aliphatic carbocycles. The zero-order chi connectivity index (χ0) is 13.5. The first-order valence-electron chi connectivity index (χ1n) is 5.14. The predicted molar refractivity (Wildman–Crippen MR) is 50.5 cm³/mol. The molecule has 2 rings (SSSR count). The number of alkyl halides is 2. The summed E-state index contributed by atoms with van der Waals surface area (Å²) in [6, 6.07) is 0. The van der Waals surface area contributed by atoms with Gasteiger partial charge in [-0.15, -0.1) is 0 Å². The summed E-state index contributed by atoms with van der Waals surface area (Å²) in [5, 5.41) is 0. The molecule has 2 nitrogen and oxygen atoms in total. The highest BCUT2D eigenvalue weighted by molar-refractivity contribution is 5.49. The molecule has 1 aliphatic rings. The maximum Gasteiger partial charge on any atom is 0.253 e. The number of rotatable bonds is 1. The minimum Gasteiger partial charge on any atom is -0.366 e. The van der Waals surface area contributed by atoms with Crippen molar-refractivity contribution in [3.63, 3.8) is 0 Å². The van der Waals surface area contributed by atoms with Gasteiger partial charge in [0, 0.05) is 25.9 Å². The van der Waals surface area contributed by atoms with Gasteiger partial charge in [0.1, 0.15) is 5.69 Å². The van der Waals surface area contributed by atoms with Crippen LogP contribution in [0, 0.1) is 23.5 Å². The largest absolute Gasteiger partial charge is 0.366 e. The van der Waals surface area contributed by atoms with E-state index < -0.39 is 48.0 Å². The molecule has 1 saturated heterocycles. The maximum atomic E-state index is 13.3. The molecule has 0 N–H and O–H groups in total. The Kier molecular flexibility index (Phi) is 3.12. The third-order valence-corrected chi connectivity index (χ3v) is 2.79. The summed E-state index contributed by atoms with van der Waals surface area (Å²) in [5.74, 6) is -9.84. The van der Waals surface area contributed by atoms with Crippen molar-refractivity contribution >= 4 is 5.69 Å². The average Bonchev–Trinajstić information content (AvgIpc) is 2.29. The minimum atomic E-state index is -2.92. The Balaban J connectivity index is 2.35. The van der Waals surface area contributed by atoms with E-state index in [0.717, 1.165) is 4.90 Å². The second-order valence-corrected chi connectivity index (χ2v) is 4.01. The first kappa shape index (κ1) is 13.0. The van der Waals surface area contributed by atoms with Crippen molar-refractivity contribution in [3.8, 4) is 0 Å². The highest BCUT2D eigenvalue weighted by Gasteiger charge is 2.36. The molecular weight excluding hydrogens is 262 g/mol. The SMILES string of the molecule is Fc1nc(F)c(F)c(N2CCC(F)(F)CC2)c1F. The van der Waals surface area contributed by atoms with Crippen LogP contribution in [0.1, 0.15) is 12.8 Å². The number of pyridine rings is 1. The zero-order valence-corrected chi connectivity index (χ0v) is 8.99. The van der Waals surface area contributed by atoms with Crippen molar-refractivity contribution in [1.29, 1.82) is 0 Å². The van der Waals surface area contributed by atoms with Crippen LogP contribution in [0.2, 0.25) is 0 Å². The van der Waals surface area contributed by atoms with Crippen molar-refractivity contribution in [2.75, 3.05) is 18.0 Å². The molecule has 8 heteroatoms. The molecule has 0 bridgehead atoms. The summed E-state index contributed by atoms with van der Waals surface area (Å²) in [6.07, 6.45) is -1.26. The summed E-state index contributed by atoms with van der Waals surface area (Å²) >= 11 is 0. The average molecular weight is 270 g/mol. The normalized spacial score (nSPS) is 19.1. The van der Waals surface area contributed by atoms with E-state index in [4.69, 9.17) is 0 Å². The summed E-state index contributed by atoms with van der Waals surface area (Å²) in [4.78, 5) is 3.26. The Morgan fingerprint density at radius 3 is 1.78 bits per heavy atom. The summed E-state index contributed by atoms with van der Waals surface area (Å²) in [6.45, 7) is -0.770. The lowest BCUT2D eigenvalue weighted by Gasteiger charge is -2.33. The highest BCUT2D eigenvalue weighted by Crippen LogP contribution is 2.33. The molecule has 2 heterocycles. The molecular formula is C10H8F6N2. The van der Waals surface area contributed by atoms with Crippen LogP contribution in [0.15, 0.2) is 0 Å². The monoisotopic (exact) mass is 270 g/mol. The van der Waals surface area contributed by atoms with E-state index in [2.05, 4.69) is 4.98 Å². The highest BCUT2D eigenvalue weighted by atomic mass is 19.3. The van der Waals surface area contributed by atoms with Gasteiger partial charge in [-0.25, -0.2) is 8.78 Å². The standard InChI is InChI=1S/C10H8F6N2/c11-5-7(6(12)9(14)17-8(5)13)18-3-1-10(15,16)2-4-18/h1-4H2. The topological polar surface area (TPSA) is 16.1 Å². The van der Waals surface area contributed by atoms with Crippen molar-refractivity contribution < 1.29 is 26.3 Å². The third kappa shape index (κ3) is 2.23. The van der Waals surface area contributed by atoms with Crippen LogP contribution >= 0.6 is 0 Å². The fraction of sp³-hybridized carbons (Fsp3) is 0.500. The molecule has 0 unspecified atom stereocenters. The van der Waals surface area contributed by atoms with Crippen LogP contribution < -0.4 is 4.90 Å². The quantitative estimate of drug-likeness (QED) is 0.576. The van der Waals surface area contributed by atoms with Crippen molar-refractivity contribution in [2.24, 2.45) is 0 Å². The predicted octanol–water partition coefficient (Wildman–Crippen LogP) is 2.87. The summed E-state index contributed by atoms with van der Waals surface area (Å²) < 4.78 is 78.2. The van der Waals surface area contributed by atoms with Crippen molar-refractivity contribution in [3.05, 3.63) is 23.5 Å². The summed E-state index contributed by atoms with van der Waals surface area (Å²) in [7, 11) is 0. The van der Waals surface area contributed by atoms with E-state index in [1.54, 1.807) is 0 Å². The molecule has 100 valence electrons. The van der Waals surface area contributed by atoms with Gasteiger partial charge in [0.05, 0.1) is 0 Å². The smallest absolute Gasteiger partial charge is 0.253 e. The molecule has 1 aliphatic heterocycles. The van der Waals surface area contributed by atoms with Crippen molar-refractivity contribution in [1.82, 2.24) is 4.98 Å². The molecule has 18 heavy (non-hydrogen) atoms. The van der Waals surface area contributed by atoms with Crippen LogP contribution in [0.4, 0.5) is 32.0 Å². The Labute approximate surface area is 98.2 Å². The first-order valence-corrected chi connectivity index (χ1v) is 5.14. The molecule has 1 fully saturated rings. The van der Waals surface area contributed by atoms with Crippen LogP contribution in [0.3, 0.4) is 0 Å². The molecule has 0 amide bonds. The maximum absolute atomic E-state index is 13.3. The van der Waals surface area contributed by atoms with Crippen LogP contribution in [-0.4, -0.2) is 24.0 Å². The molecule has 1 aromatic rings. The van der Waals surface area contributed by atoms with E-state index in [9.17, 15) is 26.3 Å². The van der Waals surface area contributed by atoms with Gasteiger partial charge in [-0.3, -0.25) is 0 Å². The van der Waals surface area contributed by atoms with Gasteiger partial charge in [0.25, 0.3) is 17.8 Å². The van der Waals surface area contributed by atoms with Gasteiger partial charge in [-0.05, 0) is 0 Å². The van der Waals surface area contributed by atoms with Gasteiger partial charge < -0.3 is 4.90 Å². The van der Waals surface area contributed by atoms with Gasteiger partial charge in [-0.2, -0.15) is 22.5 Å². The molecule has 0 radical (unpaired) electrons. The molecule has 0 aromatic carbocycles. The fourth-order valence-electron chi connectivity index (χ4n) is 1.81. The Bertz CT molecular complexity index is 440. The van der Waals surface area contributed by atoms with Gasteiger partial charge in [-0.1, -0.05) is 0 Å². The van der Waals surface area contributed by atoms with E-state index in [-0.39, 0.29) is 13.1 Å². The van der Waals surface area contributed by atoms with Crippen LogP contribution in [-0.2, 0) is 0 Å². The van der Waals surface area contributed by atoms with Crippen LogP contribution in [0.25, 0.3) is 0 Å². The number of hydrogen-bond donors (Lipinski definition) is 0. The lowest BCUT2D eigenvalue weighted by atomic mass is 10.1. The van der Waals surface area contributed by atoms with E-state index >= 15 is 0 Å². The van der Waals surface area contributed by atoms with Crippen LogP contribution in [0.5, 0.6) is 0 Å². The second-order valence-electron chi connectivity index (χ2n) is 4.01. The van der Waals surface area contributed by atoms with Gasteiger partial charge in [0.15, 0.2) is 0 Å². The Morgan fingerprint density at radius 2 is 1.33 bits per heavy atom. The lowest BCUT2D eigenvalue weighted by molar-refractivity contribution is -0.0222. The molecule has 0 atom stereocenters. The van der Waals surface area contributed by atoms with E-state index in [0.29, 0.717) is 0 Å². The lowest BCUT2D eigenvalue weighted by Crippen LogP contribution is -2.40.